The standard InChI is InChI=1S/C14H20O4/c1-2-4-14(18-12-6-8-16-10-12)13(3-1)17-11-5-7-15-9-11/h1,3,11-12H,2,4-10H2/t11-,12+/m1/s1. The molecule has 2 saturated heterocycles. The Morgan fingerprint density at radius 3 is 2.39 bits per heavy atom. The largest absolute Gasteiger partial charge is 0.488 e. The van der Waals surface area contributed by atoms with Gasteiger partial charge in [0.2, 0.25) is 0 Å². The molecule has 2 atom stereocenters. The lowest BCUT2D eigenvalue weighted by Crippen LogP contribution is -2.18. The summed E-state index contributed by atoms with van der Waals surface area (Å²) < 4.78 is 22.7. The van der Waals surface area contributed by atoms with E-state index in [9.17, 15) is 0 Å². The van der Waals surface area contributed by atoms with Crippen molar-refractivity contribution in [3.8, 4) is 0 Å². The molecule has 4 nitrogen and oxygen atoms in total. The summed E-state index contributed by atoms with van der Waals surface area (Å²) >= 11 is 0. The third-order valence-electron chi connectivity index (χ3n) is 3.46. The normalized spacial score (nSPS) is 32.0. The average Bonchev–Trinajstić information content (AvgIpc) is 3.05. The lowest BCUT2D eigenvalue weighted by atomic mass is 10.1. The van der Waals surface area contributed by atoms with Crippen LogP contribution in [-0.4, -0.2) is 38.6 Å². The number of allylic oxidation sites excluding steroid dienone is 3. The topological polar surface area (TPSA) is 36.9 Å². The molecular formula is C14H20O4. The molecular weight excluding hydrogens is 232 g/mol. The van der Waals surface area contributed by atoms with Crippen molar-refractivity contribution in [1.29, 1.82) is 0 Å². The minimum Gasteiger partial charge on any atom is -0.488 e. The van der Waals surface area contributed by atoms with Crippen LogP contribution in [0.15, 0.2) is 23.7 Å². The fraction of sp³-hybridized carbons (Fsp3) is 0.714. The molecule has 3 rings (SSSR count). The minimum absolute atomic E-state index is 0.182. The molecule has 18 heavy (non-hydrogen) atoms. The second-order valence-electron chi connectivity index (χ2n) is 4.94. The van der Waals surface area contributed by atoms with Crippen LogP contribution in [0.5, 0.6) is 0 Å². The van der Waals surface area contributed by atoms with E-state index in [1.54, 1.807) is 0 Å². The zero-order chi connectivity index (χ0) is 12.2. The van der Waals surface area contributed by atoms with Gasteiger partial charge in [0.25, 0.3) is 0 Å². The van der Waals surface area contributed by atoms with E-state index in [4.69, 9.17) is 18.9 Å². The highest BCUT2D eigenvalue weighted by atomic mass is 16.6. The van der Waals surface area contributed by atoms with Crippen LogP contribution >= 0.6 is 0 Å². The molecule has 0 amide bonds. The van der Waals surface area contributed by atoms with Crippen LogP contribution in [0, 0.1) is 0 Å². The first-order valence-electron chi connectivity index (χ1n) is 6.80. The van der Waals surface area contributed by atoms with Crippen molar-refractivity contribution in [2.45, 2.75) is 37.9 Å². The van der Waals surface area contributed by atoms with Crippen LogP contribution in [0.1, 0.15) is 25.7 Å². The highest BCUT2D eigenvalue weighted by Gasteiger charge is 2.24. The monoisotopic (exact) mass is 252 g/mol. The molecule has 1 aliphatic carbocycles. The molecule has 2 aliphatic heterocycles. The third kappa shape index (κ3) is 2.87. The first-order chi connectivity index (χ1) is 8.92. The van der Waals surface area contributed by atoms with E-state index in [1.165, 1.54) is 0 Å². The van der Waals surface area contributed by atoms with Gasteiger partial charge in [-0.2, -0.15) is 0 Å². The summed E-state index contributed by atoms with van der Waals surface area (Å²) in [4.78, 5) is 0. The Bertz CT molecular complexity index is 336. The first kappa shape index (κ1) is 12.1. The number of hydrogen-bond donors (Lipinski definition) is 0. The first-order valence-corrected chi connectivity index (χ1v) is 6.80. The van der Waals surface area contributed by atoms with E-state index in [2.05, 4.69) is 6.08 Å². The second kappa shape index (κ2) is 5.76. The third-order valence-corrected chi connectivity index (χ3v) is 3.46. The predicted molar refractivity (Wildman–Crippen MR) is 66.0 cm³/mol. The molecule has 0 spiro atoms. The molecule has 0 aromatic heterocycles. The quantitative estimate of drug-likeness (QED) is 0.768. The summed E-state index contributed by atoms with van der Waals surface area (Å²) in [6.45, 7) is 3.00. The zero-order valence-electron chi connectivity index (χ0n) is 10.6. The fourth-order valence-electron chi connectivity index (χ4n) is 2.44. The predicted octanol–water partition coefficient (Wildman–Crippen LogP) is 2.16. The molecule has 2 fully saturated rings. The molecule has 3 aliphatic rings. The maximum Gasteiger partial charge on any atom is 0.157 e. The van der Waals surface area contributed by atoms with E-state index in [-0.39, 0.29) is 12.2 Å². The van der Waals surface area contributed by atoms with Gasteiger partial charge in [-0.25, -0.2) is 0 Å². The smallest absolute Gasteiger partial charge is 0.157 e. The number of hydrogen-bond acceptors (Lipinski definition) is 4. The molecule has 0 aromatic carbocycles. The Hall–Kier alpha value is -1.00. The SMILES string of the molecule is C1=CC(O[C@@H]2CCOC2)=C(O[C@H]2CCOC2)CC1. The van der Waals surface area contributed by atoms with Crippen LogP contribution in [0.25, 0.3) is 0 Å². The summed E-state index contributed by atoms with van der Waals surface area (Å²) in [6.07, 6.45) is 8.46. The van der Waals surface area contributed by atoms with Crippen LogP contribution in [0.4, 0.5) is 0 Å². The maximum absolute atomic E-state index is 6.01. The van der Waals surface area contributed by atoms with Gasteiger partial charge in [0.15, 0.2) is 5.76 Å². The van der Waals surface area contributed by atoms with Gasteiger partial charge >= 0.3 is 0 Å². The van der Waals surface area contributed by atoms with Crippen LogP contribution in [-0.2, 0) is 18.9 Å². The minimum atomic E-state index is 0.182. The summed E-state index contributed by atoms with van der Waals surface area (Å²) in [5, 5.41) is 0. The van der Waals surface area contributed by atoms with Crippen molar-refractivity contribution in [2.24, 2.45) is 0 Å². The lowest BCUT2D eigenvalue weighted by Gasteiger charge is -2.22. The molecule has 2 heterocycles. The molecule has 0 N–H and O–H groups in total. The molecule has 0 saturated carbocycles. The van der Waals surface area contributed by atoms with Crippen molar-refractivity contribution in [1.82, 2.24) is 0 Å². The highest BCUT2D eigenvalue weighted by Crippen LogP contribution is 2.26. The Labute approximate surface area is 108 Å². The number of ether oxygens (including phenoxy) is 4. The van der Waals surface area contributed by atoms with Crippen molar-refractivity contribution in [3.05, 3.63) is 23.7 Å². The van der Waals surface area contributed by atoms with Gasteiger partial charge < -0.3 is 18.9 Å². The summed E-state index contributed by atoms with van der Waals surface area (Å²) in [5.74, 6) is 1.88. The second-order valence-corrected chi connectivity index (χ2v) is 4.94. The molecule has 0 radical (unpaired) electrons. The molecule has 100 valence electrons. The summed E-state index contributed by atoms with van der Waals surface area (Å²) in [6, 6.07) is 0. The summed E-state index contributed by atoms with van der Waals surface area (Å²) in [7, 11) is 0. The van der Waals surface area contributed by atoms with Gasteiger partial charge in [0.1, 0.15) is 18.0 Å². The van der Waals surface area contributed by atoms with Crippen molar-refractivity contribution >= 4 is 0 Å². The van der Waals surface area contributed by atoms with Gasteiger partial charge in [0, 0.05) is 19.3 Å². The highest BCUT2D eigenvalue weighted by molar-refractivity contribution is 5.21. The van der Waals surface area contributed by atoms with E-state index in [1.807, 2.05) is 6.08 Å². The molecule has 0 bridgehead atoms. The fourth-order valence-corrected chi connectivity index (χ4v) is 2.44. The number of rotatable bonds is 4. The Balaban J connectivity index is 1.64. The average molecular weight is 252 g/mol. The maximum atomic E-state index is 6.01. The van der Waals surface area contributed by atoms with Crippen LogP contribution in [0.3, 0.4) is 0 Å². The van der Waals surface area contributed by atoms with E-state index >= 15 is 0 Å². The Morgan fingerprint density at radius 2 is 1.72 bits per heavy atom. The lowest BCUT2D eigenvalue weighted by molar-refractivity contribution is 0.0542. The van der Waals surface area contributed by atoms with Gasteiger partial charge in [0.05, 0.1) is 26.4 Å². The Kier molecular flexibility index (Phi) is 3.86. The van der Waals surface area contributed by atoms with E-state index in [0.29, 0.717) is 13.2 Å². The van der Waals surface area contributed by atoms with Crippen LogP contribution in [0.2, 0.25) is 0 Å². The van der Waals surface area contributed by atoms with Gasteiger partial charge in [-0.15, -0.1) is 0 Å². The molecule has 0 aromatic rings. The zero-order valence-corrected chi connectivity index (χ0v) is 10.6. The Morgan fingerprint density at radius 1 is 1.00 bits per heavy atom. The van der Waals surface area contributed by atoms with Crippen molar-refractivity contribution in [2.75, 3.05) is 26.4 Å². The van der Waals surface area contributed by atoms with Crippen LogP contribution < -0.4 is 0 Å². The van der Waals surface area contributed by atoms with Gasteiger partial charge in [-0.3, -0.25) is 0 Å². The molecule has 4 heteroatoms. The van der Waals surface area contributed by atoms with Gasteiger partial charge in [-0.1, -0.05) is 6.08 Å². The molecule has 0 unspecified atom stereocenters. The van der Waals surface area contributed by atoms with E-state index < -0.39 is 0 Å². The van der Waals surface area contributed by atoms with E-state index in [0.717, 1.165) is 50.4 Å². The summed E-state index contributed by atoms with van der Waals surface area (Å²) in [5.41, 5.74) is 0. The van der Waals surface area contributed by atoms with Crippen molar-refractivity contribution < 1.29 is 18.9 Å². The van der Waals surface area contributed by atoms with Gasteiger partial charge in [-0.05, 0) is 12.5 Å². The van der Waals surface area contributed by atoms with Crippen molar-refractivity contribution in [3.63, 3.8) is 0 Å².